The van der Waals surface area contributed by atoms with E-state index in [1.165, 1.54) is 5.56 Å². The Morgan fingerprint density at radius 2 is 2.00 bits per heavy atom. The van der Waals surface area contributed by atoms with E-state index < -0.39 is 0 Å². The second kappa shape index (κ2) is 3.63. The van der Waals surface area contributed by atoms with Crippen molar-refractivity contribution in [1.29, 1.82) is 5.26 Å². The first-order valence-corrected chi connectivity index (χ1v) is 4.81. The molecule has 0 aromatic heterocycles. The lowest BCUT2D eigenvalue weighted by Crippen LogP contribution is -1.93. The van der Waals surface area contributed by atoms with Crippen molar-refractivity contribution in [3.05, 3.63) is 35.4 Å². The van der Waals surface area contributed by atoms with Crippen LogP contribution < -0.4 is 0 Å². The van der Waals surface area contributed by atoms with E-state index in [0.717, 1.165) is 6.42 Å². The molecule has 0 N–H and O–H groups in total. The van der Waals surface area contributed by atoms with Crippen molar-refractivity contribution >= 4 is 5.78 Å². The van der Waals surface area contributed by atoms with Crippen LogP contribution in [-0.2, 0) is 4.79 Å². The van der Waals surface area contributed by atoms with Crippen LogP contribution in [0.1, 0.15) is 36.3 Å². The fourth-order valence-corrected chi connectivity index (χ4v) is 1.93. The molecule has 2 heteroatoms. The number of carbonyl (C=O) groups is 1. The van der Waals surface area contributed by atoms with Gasteiger partial charge >= 0.3 is 0 Å². The molecule has 0 spiro atoms. The van der Waals surface area contributed by atoms with Crippen LogP contribution in [0.25, 0.3) is 0 Å². The van der Waals surface area contributed by atoms with E-state index in [-0.39, 0.29) is 0 Å². The number of benzene rings is 1. The first-order chi connectivity index (χ1) is 6.79. The molecule has 0 unspecified atom stereocenters. The van der Waals surface area contributed by atoms with E-state index in [0.29, 0.717) is 30.1 Å². The highest BCUT2D eigenvalue weighted by Gasteiger charge is 2.23. The first kappa shape index (κ1) is 8.96. The molecule has 1 atom stereocenters. The number of hydrogen-bond acceptors (Lipinski definition) is 2. The Hall–Kier alpha value is -1.62. The van der Waals surface area contributed by atoms with Gasteiger partial charge in [-0.05, 0) is 30.0 Å². The zero-order valence-corrected chi connectivity index (χ0v) is 7.86. The summed E-state index contributed by atoms with van der Waals surface area (Å²) in [5.41, 5.74) is 1.87. The maximum Gasteiger partial charge on any atom is 0.133 e. The molecule has 0 radical (unpaired) electrons. The Labute approximate surface area is 83.2 Å². The second-order valence-electron chi connectivity index (χ2n) is 3.71. The van der Waals surface area contributed by atoms with Gasteiger partial charge in [0.05, 0.1) is 11.6 Å². The molecular formula is C12H11NO. The molecule has 1 aliphatic rings. The average Bonchev–Trinajstić information content (AvgIpc) is 2.65. The molecule has 0 bridgehead atoms. The Morgan fingerprint density at radius 3 is 2.50 bits per heavy atom. The zero-order chi connectivity index (χ0) is 9.97. The molecule has 0 heterocycles. The monoisotopic (exact) mass is 185 g/mol. The Kier molecular flexibility index (Phi) is 2.32. The molecule has 1 aliphatic carbocycles. The third-order valence-corrected chi connectivity index (χ3v) is 2.76. The highest BCUT2D eigenvalue weighted by atomic mass is 16.1. The minimum absolute atomic E-state index is 0.361. The lowest BCUT2D eigenvalue weighted by Gasteiger charge is -2.07. The van der Waals surface area contributed by atoms with E-state index in [2.05, 4.69) is 6.07 Å². The van der Waals surface area contributed by atoms with Crippen LogP contribution in [0, 0.1) is 11.3 Å². The van der Waals surface area contributed by atoms with Crippen molar-refractivity contribution in [2.45, 2.75) is 25.2 Å². The normalized spacial score (nSPS) is 20.8. The van der Waals surface area contributed by atoms with Crippen molar-refractivity contribution < 1.29 is 4.79 Å². The fourth-order valence-electron chi connectivity index (χ4n) is 1.93. The lowest BCUT2D eigenvalue weighted by molar-refractivity contribution is -0.117. The maximum atomic E-state index is 11.1. The minimum atomic E-state index is 0.361. The number of nitriles is 1. The number of ketones is 1. The van der Waals surface area contributed by atoms with Crippen molar-refractivity contribution in [2.24, 2.45) is 0 Å². The molecule has 1 aromatic rings. The molecule has 0 aliphatic heterocycles. The predicted octanol–water partition coefficient (Wildman–Crippen LogP) is 2.39. The standard InChI is InChI=1S/C12H11NO/c13-8-9-1-3-10(4-2-9)11-5-6-12(14)7-11/h1-4,11H,5-7H2/t11-/m0/s1. The van der Waals surface area contributed by atoms with Gasteiger partial charge in [-0.1, -0.05) is 12.1 Å². The third-order valence-electron chi connectivity index (χ3n) is 2.76. The van der Waals surface area contributed by atoms with Gasteiger partial charge in [-0.25, -0.2) is 0 Å². The molecule has 70 valence electrons. The first-order valence-electron chi connectivity index (χ1n) is 4.81. The van der Waals surface area contributed by atoms with Crippen molar-refractivity contribution in [3.63, 3.8) is 0 Å². The molecule has 1 saturated carbocycles. The number of carbonyl (C=O) groups excluding carboxylic acids is 1. The van der Waals surface area contributed by atoms with Crippen LogP contribution in [0.3, 0.4) is 0 Å². The second-order valence-corrected chi connectivity index (χ2v) is 3.71. The SMILES string of the molecule is N#Cc1ccc([C@H]2CCC(=O)C2)cc1. The molecule has 2 nitrogen and oxygen atoms in total. The van der Waals surface area contributed by atoms with E-state index in [4.69, 9.17) is 5.26 Å². The lowest BCUT2D eigenvalue weighted by atomic mass is 9.97. The summed E-state index contributed by atoms with van der Waals surface area (Å²) in [5.74, 6) is 0.745. The summed E-state index contributed by atoms with van der Waals surface area (Å²) in [7, 11) is 0. The molecule has 1 aromatic carbocycles. The highest BCUT2D eigenvalue weighted by Crippen LogP contribution is 2.31. The Morgan fingerprint density at radius 1 is 1.29 bits per heavy atom. The molecule has 0 saturated heterocycles. The largest absolute Gasteiger partial charge is 0.300 e. The van der Waals surface area contributed by atoms with Gasteiger partial charge in [-0.2, -0.15) is 5.26 Å². The van der Waals surface area contributed by atoms with Gasteiger partial charge in [0.25, 0.3) is 0 Å². The van der Waals surface area contributed by atoms with Crippen molar-refractivity contribution in [3.8, 4) is 6.07 Å². The average molecular weight is 185 g/mol. The summed E-state index contributed by atoms with van der Waals surface area (Å²) < 4.78 is 0. The van der Waals surface area contributed by atoms with Crippen molar-refractivity contribution in [1.82, 2.24) is 0 Å². The number of nitrogens with zero attached hydrogens (tertiary/aromatic N) is 1. The number of Topliss-reactive ketones (excluding diaryl/α,β-unsaturated/α-hetero) is 1. The van der Waals surface area contributed by atoms with Crippen LogP contribution >= 0.6 is 0 Å². The quantitative estimate of drug-likeness (QED) is 0.674. The Balaban J connectivity index is 2.18. The highest BCUT2D eigenvalue weighted by molar-refractivity contribution is 5.81. The topological polar surface area (TPSA) is 40.9 Å². The van der Waals surface area contributed by atoms with Crippen LogP contribution in [0.2, 0.25) is 0 Å². The van der Waals surface area contributed by atoms with Gasteiger partial charge in [0.2, 0.25) is 0 Å². The van der Waals surface area contributed by atoms with Gasteiger partial charge < -0.3 is 0 Å². The van der Waals surface area contributed by atoms with Gasteiger partial charge in [-0.3, -0.25) is 4.79 Å². The third kappa shape index (κ3) is 1.67. The zero-order valence-electron chi connectivity index (χ0n) is 7.86. The summed E-state index contributed by atoms with van der Waals surface area (Å²) in [6.07, 6.45) is 2.35. The molecule has 2 rings (SSSR count). The molecular weight excluding hydrogens is 174 g/mol. The van der Waals surface area contributed by atoms with Crippen LogP contribution in [0.15, 0.2) is 24.3 Å². The van der Waals surface area contributed by atoms with E-state index in [1.807, 2.05) is 24.3 Å². The van der Waals surface area contributed by atoms with E-state index >= 15 is 0 Å². The van der Waals surface area contributed by atoms with Crippen LogP contribution in [-0.4, -0.2) is 5.78 Å². The summed E-state index contributed by atoms with van der Waals surface area (Å²) in [5, 5.41) is 8.63. The summed E-state index contributed by atoms with van der Waals surface area (Å²) >= 11 is 0. The predicted molar refractivity (Wildman–Crippen MR) is 52.8 cm³/mol. The smallest absolute Gasteiger partial charge is 0.133 e. The Bertz CT molecular complexity index is 386. The number of hydrogen-bond donors (Lipinski definition) is 0. The van der Waals surface area contributed by atoms with Gasteiger partial charge in [0, 0.05) is 12.8 Å². The fraction of sp³-hybridized carbons (Fsp3) is 0.333. The summed E-state index contributed by atoms with van der Waals surface area (Å²) in [4.78, 5) is 11.1. The van der Waals surface area contributed by atoms with Crippen molar-refractivity contribution in [2.75, 3.05) is 0 Å². The van der Waals surface area contributed by atoms with Gasteiger partial charge in [-0.15, -0.1) is 0 Å². The van der Waals surface area contributed by atoms with Crippen LogP contribution in [0.4, 0.5) is 0 Å². The van der Waals surface area contributed by atoms with E-state index in [1.54, 1.807) is 0 Å². The minimum Gasteiger partial charge on any atom is -0.300 e. The molecule has 0 amide bonds. The molecule has 1 fully saturated rings. The van der Waals surface area contributed by atoms with E-state index in [9.17, 15) is 4.79 Å². The maximum absolute atomic E-state index is 11.1. The summed E-state index contributed by atoms with van der Waals surface area (Å²) in [6, 6.07) is 9.64. The van der Waals surface area contributed by atoms with Crippen LogP contribution in [0.5, 0.6) is 0 Å². The van der Waals surface area contributed by atoms with Gasteiger partial charge in [0.1, 0.15) is 5.78 Å². The molecule has 14 heavy (non-hydrogen) atoms. The summed E-state index contributed by atoms with van der Waals surface area (Å²) in [6.45, 7) is 0. The van der Waals surface area contributed by atoms with Gasteiger partial charge in [0.15, 0.2) is 0 Å². The number of rotatable bonds is 1.